The molecule has 2 amide bonds. The average Bonchev–Trinajstić information content (AvgIpc) is 2.93. The molecule has 24 heavy (non-hydrogen) atoms. The van der Waals surface area contributed by atoms with Crippen molar-refractivity contribution in [1.29, 1.82) is 0 Å². The first-order valence-electron chi connectivity index (χ1n) is 7.54. The molecule has 0 fully saturated rings. The Kier molecular flexibility index (Phi) is 4.11. The number of nitrogens with one attached hydrogen (secondary N) is 3. The molecule has 0 saturated heterocycles. The maximum atomic E-state index is 12.2. The Labute approximate surface area is 138 Å². The minimum Gasteiger partial charge on any atom is -0.479 e. The van der Waals surface area contributed by atoms with Crippen molar-refractivity contribution in [2.24, 2.45) is 0 Å². The molecule has 0 aliphatic carbocycles. The minimum atomic E-state index is -0.522. The standard InChI is InChI=1S/C16H18N4O4/c1-8-6-14(24-20-8)19-15(21)9(2)17-11-4-5-13-12(7-11)18-16(22)10(3)23-13/h4-7,9-10,17H,1-3H3,(H,18,22)(H,19,21)/t9-,10+/m1/s1. The molecule has 0 radical (unpaired) electrons. The van der Waals surface area contributed by atoms with E-state index in [1.165, 1.54) is 0 Å². The number of hydrogen-bond acceptors (Lipinski definition) is 6. The topological polar surface area (TPSA) is 105 Å². The van der Waals surface area contributed by atoms with Gasteiger partial charge in [-0.05, 0) is 39.0 Å². The van der Waals surface area contributed by atoms with Crippen LogP contribution in [0.2, 0.25) is 0 Å². The highest BCUT2D eigenvalue weighted by Gasteiger charge is 2.24. The number of nitrogens with zero attached hydrogens (tertiary/aromatic N) is 1. The second-order valence-electron chi connectivity index (χ2n) is 5.65. The third-order valence-electron chi connectivity index (χ3n) is 3.56. The maximum Gasteiger partial charge on any atom is 0.265 e. The highest BCUT2D eigenvalue weighted by atomic mass is 16.5. The van der Waals surface area contributed by atoms with Crippen LogP contribution in [0.1, 0.15) is 19.5 Å². The summed E-state index contributed by atoms with van der Waals surface area (Å²) >= 11 is 0. The van der Waals surface area contributed by atoms with E-state index in [0.29, 0.717) is 28.7 Å². The lowest BCUT2D eigenvalue weighted by atomic mass is 10.2. The number of aryl methyl sites for hydroxylation is 1. The number of fused-ring (bicyclic) bond motifs is 1. The van der Waals surface area contributed by atoms with Gasteiger partial charge in [-0.3, -0.25) is 14.9 Å². The molecule has 8 heteroatoms. The summed E-state index contributed by atoms with van der Waals surface area (Å²) in [5, 5.41) is 12.2. The third-order valence-corrected chi connectivity index (χ3v) is 3.56. The summed E-state index contributed by atoms with van der Waals surface area (Å²) in [6.45, 7) is 5.17. The van der Waals surface area contributed by atoms with Crippen molar-refractivity contribution in [3.8, 4) is 5.75 Å². The third kappa shape index (κ3) is 3.32. The minimum absolute atomic E-state index is 0.203. The van der Waals surface area contributed by atoms with Crippen molar-refractivity contribution in [2.45, 2.75) is 32.9 Å². The number of ether oxygens (including phenoxy) is 1. The zero-order valence-corrected chi connectivity index (χ0v) is 13.5. The Bertz CT molecular complexity index is 786. The second kappa shape index (κ2) is 6.23. The SMILES string of the molecule is Cc1cc(NC(=O)[C@@H](C)Nc2ccc3c(c2)NC(=O)[C@H](C)O3)on1. The summed E-state index contributed by atoms with van der Waals surface area (Å²) in [4.78, 5) is 23.8. The van der Waals surface area contributed by atoms with Gasteiger partial charge in [0.05, 0.1) is 11.4 Å². The first kappa shape index (κ1) is 15.9. The molecular formula is C16H18N4O4. The fourth-order valence-electron chi connectivity index (χ4n) is 2.27. The molecule has 2 heterocycles. The summed E-state index contributed by atoms with van der Waals surface area (Å²) in [7, 11) is 0. The summed E-state index contributed by atoms with van der Waals surface area (Å²) in [6, 6.07) is 6.37. The van der Waals surface area contributed by atoms with E-state index >= 15 is 0 Å². The van der Waals surface area contributed by atoms with Gasteiger partial charge in [0.15, 0.2) is 6.10 Å². The van der Waals surface area contributed by atoms with Crippen molar-refractivity contribution in [3.63, 3.8) is 0 Å². The Morgan fingerprint density at radius 2 is 2.17 bits per heavy atom. The van der Waals surface area contributed by atoms with Crippen molar-refractivity contribution in [3.05, 3.63) is 30.0 Å². The van der Waals surface area contributed by atoms with Crippen LogP contribution in [0.3, 0.4) is 0 Å². The van der Waals surface area contributed by atoms with Crippen LogP contribution in [0.25, 0.3) is 0 Å². The van der Waals surface area contributed by atoms with Crippen LogP contribution in [0.5, 0.6) is 5.75 Å². The van der Waals surface area contributed by atoms with E-state index in [-0.39, 0.29) is 11.8 Å². The maximum absolute atomic E-state index is 12.2. The average molecular weight is 330 g/mol. The van der Waals surface area contributed by atoms with Crippen LogP contribution >= 0.6 is 0 Å². The van der Waals surface area contributed by atoms with Gasteiger partial charge >= 0.3 is 0 Å². The first-order valence-corrected chi connectivity index (χ1v) is 7.54. The number of aromatic nitrogens is 1. The van der Waals surface area contributed by atoms with Crippen LogP contribution < -0.4 is 20.7 Å². The molecular weight excluding hydrogens is 312 g/mol. The van der Waals surface area contributed by atoms with Crippen LogP contribution in [0.15, 0.2) is 28.8 Å². The number of carbonyl (C=O) groups is 2. The molecule has 3 N–H and O–H groups in total. The quantitative estimate of drug-likeness (QED) is 0.793. The highest BCUT2D eigenvalue weighted by Crippen LogP contribution is 2.32. The number of hydrogen-bond donors (Lipinski definition) is 3. The predicted octanol–water partition coefficient (Wildman–Crippen LogP) is 2.14. The number of carbonyl (C=O) groups excluding carboxylic acids is 2. The monoisotopic (exact) mass is 330 g/mol. The molecule has 1 aliphatic heterocycles. The Morgan fingerprint density at radius 1 is 1.38 bits per heavy atom. The molecule has 0 saturated carbocycles. The molecule has 2 atom stereocenters. The van der Waals surface area contributed by atoms with Crippen molar-refractivity contribution >= 4 is 29.1 Å². The zero-order chi connectivity index (χ0) is 17.3. The van der Waals surface area contributed by atoms with Crippen molar-refractivity contribution in [2.75, 3.05) is 16.0 Å². The molecule has 0 bridgehead atoms. The van der Waals surface area contributed by atoms with Gasteiger partial charge in [-0.2, -0.15) is 0 Å². The number of rotatable bonds is 4. The fourth-order valence-corrected chi connectivity index (χ4v) is 2.27. The lowest BCUT2D eigenvalue weighted by Gasteiger charge is -2.24. The number of benzene rings is 1. The Morgan fingerprint density at radius 3 is 2.88 bits per heavy atom. The molecule has 1 aromatic heterocycles. The van der Waals surface area contributed by atoms with E-state index in [0.717, 1.165) is 0 Å². The summed E-state index contributed by atoms with van der Waals surface area (Å²) in [6.07, 6.45) is -0.522. The van der Waals surface area contributed by atoms with Gasteiger partial charge in [-0.25, -0.2) is 0 Å². The van der Waals surface area contributed by atoms with Crippen molar-refractivity contribution < 1.29 is 18.8 Å². The van der Waals surface area contributed by atoms with Gasteiger partial charge in [0.25, 0.3) is 5.91 Å². The van der Waals surface area contributed by atoms with E-state index < -0.39 is 12.1 Å². The van der Waals surface area contributed by atoms with Crippen LogP contribution in [-0.2, 0) is 9.59 Å². The van der Waals surface area contributed by atoms with Gasteiger partial charge < -0.3 is 19.9 Å². The normalized spacial score (nSPS) is 17.3. The molecule has 0 spiro atoms. The van der Waals surface area contributed by atoms with E-state index in [4.69, 9.17) is 9.26 Å². The Hall–Kier alpha value is -3.03. The molecule has 2 aromatic rings. The Balaban J connectivity index is 1.66. The first-order chi connectivity index (χ1) is 11.4. The van der Waals surface area contributed by atoms with Crippen LogP contribution in [0, 0.1) is 6.92 Å². The summed E-state index contributed by atoms with van der Waals surface area (Å²) in [5.74, 6) is 0.428. The number of anilines is 3. The highest BCUT2D eigenvalue weighted by molar-refractivity contribution is 5.98. The molecule has 3 rings (SSSR count). The van der Waals surface area contributed by atoms with Gasteiger partial charge in [0.2, 0.25) is 11.8 Å². The van der Waals surface area contributed by atoms with Gasteiger partial charge in [-0.1, -0.05) is 5.16 Å². The molecule has 1 aliphatic rings. The molecule has 1 aromatic carbocycles. The molecule has 8 nitrogen and oxygen atoms in total. The lowest BCUT2D eigenvalue weighted by Crippen LogP contribution is -2.34. The fraction of sp³-hybridized carbons (Fsp3) is 0.312. The van der Waals surface area contributed by atoms with Crippen LogP contribution in [0.4, 0.5) is 17.3 Å². The number of amides is 2. The van der Waals surface area contributed by atoms with Crippen molar-refractivity contribution in [1.82, 2.24) is 5.16 Å². The zero-order valence-electron chi connectivity index (χ0n) is 13.5. The van der Waals surface area contributed by atoms with Gasteiger partial charge in [0, 0.05) is 11.8 Å². The molecule has 126 valence electrons. The predicted molar refractivity (Wildman–Crippen MR) is 88.1 cm³/mol. The van der Waals surface area contributed by atoms with Gasteiger partial charge in [0.1, 0.15) is 11.8 Å². The summed E-state index contributed by atoms with van der Waals surface area (Å²) in [5.41, 5.74) is 1.94. The smallest absolute Gasteiger partial charge is 0.265 e. The molecule has 0 unspecified atom stereocenters. The van der Waals surface area contributed by atoms with E-state index in [2.05, 4.69) is 21.1 Å². The van der Waals surface area contributed by atoms with E-state index in [1.54, 1.807) is 45.0 Å². The van der Waals surface area contributed by atoms with Gasteiger partial charge in [-0.15, -0.1) is 0 Å². The second-order valence-corrected chi connectivity index (χ2v) is 5.65. The lowest BCUT2D eigenvalue weighted by molar-refractivity contribution is -0.122. The largest absolute Gasteiger partial charge is 0.479 e. The van der Waals surface area contributed by atoms with Crippen LogP contribution in [-0.4, -0.2) is 29.1 Å². The van der Waals surface area contributed by atoms with E-state index in [9.17, 15) is 9.59 Å². The van der Waals surface area contributed by atoms with E-state index in [1.807, 2.05) is 0 Å². The summed E-state index contributed by atoms with van der Waals surface area (Å²) < 4.78 is 10.5.